The SMILES string of the molecule is BCS(=O)(=O)c1c(-c2ccc(N(c3ccccc3)c3ccccc3)cc2)sc(-c2ccc(N(c3ccccc3)c3ccccc3)cc2)c1S(=O)(=O)CCCCCCCC. The van der Waals surface area contributed by atoms with Gasteiger partial charge in [0.25, 0.3) is 0 Å². The van der Waals surface area contributed by atoms with E-state index in [0.29, 0.717) is 27.3 Å². The molecule has 6 aromatic carbocycles. The van der Waals surface area contributed by atoms with E-state index in [1.165, 1.54) is 11.3 Å². The van der Waals surface area contributed by atoms with Crippen LogP contribution in [-0.4, -0.2) is 36.1 Å². The van der Waals surface area contributed by atoms with Crippen molar-refractivity contribution in [1.82, 2.24) is 0 Å². The molecule has 0 saturated carbocycles. The lowest BCUT2D eigenvalue weighted by Crippen LogP contribution is -2.15. The molecule has 1 aromatic heterocycles. The average molecular weight is 837 g/mol. The molecule has 0 radical (unpaired) electrons. The maximum absolute atomic E-state index is 14.7. The van der Waals surface area contributed by atoms with Gasteiger partial charge in [-0.1, -0.05) is 136 Å². The van der Waals surface area contributed by atoms with Crippen molar-refractivity contribution in [1.29, 1.82) is 0 Å². The second-order valence-electron chi connectivity index (χ2n) is 14.5. The molecular weight excluding hydrogens is 788 g/mol. The molecule has 0 saturated heterocycles. The number of nitrogens with zero attached hydrogens (tertiary/aromatic N) is 2. The molecule has 7 aromatic rings. The molecule has 300 valence electrons. The summed E-state index contributed by atoms with van der Waals surface area (Å²) in [6.07, 6.45) is 5.44. The molecule has 7 rings (SSSR count). The van der Waals surface area contributed by atoms with Gasteiger partial charge in [0.1, 0.15) is 17.6 Å². The van der Waals surface area contributed by atoms with Gasteiger partial charge in [0, 0.05) is 39.8 Å². The first-order valence-corrected chi connectivity index (χ1v) is 24.5. The van der Waals surface area contributed by atoms with Crippen molar-refractivity contribution in [3.05, 3.63) is 170 Å². The number of benzene rings is 6. The Labute approximate surface area is 355 Å². The molecule has 0 aliphatic carbocycles. The smallest absolute Gasteiger partial charge is 0.181 e. The van der Waals surface area contributed by atoms with E-state index in [0.717, 1.165) is 66.2 Å². The molecule has 0 amide bonds. The Hall–Kier alpha value is -5.42. The van der Waals surface area contributed by atoms with Crippen LogP contribution in [0.1, 0.15) is 45.4 Å². The zero-order valence-electron chi connectivity index (χ0n) is 33.6. The van der Waals surface area contributed by atoms with Gasteiger partial charge in [-0.15, -0.1) is 11.3 Å². The molecule has 59 heavy (non-hydrogen) atoms. The molecule has 0 spiro atoms. The number of rotatable bonds is 18. The van der Waals surface area contributed by atoms with Crippen LogP contribution in [0.2, 0.25) is 0 Å². The average Bonchev–Trinajstić information content (AvgIpc) is 3.70. The van der Waals surface area contributed by atoms with Gasteiger partial charge in [-0.3, -0.25) is 0 Å². The van der Waals surface area contributed by atoms with Crippen LogP contribution in [0.4, 0.5) is 34.1 Å². The summed E-state index contributed by atoms with van der Waals surface area (Å²) < 4.78 is 57.9. The summed E-state index contributed by atoms with van der Waals surface area (Å²) in [5.74, 6) is -0.121. The predicted molar refractivity (Wildman–Crippen MR) is 251 cm³/mol. The molecule has 6 nitrogen and oxygen atoms in total. The van der Waals surface area contributed by atoms with Crippen LogP contribution in [0.5, 0.6) is 0 Å². The van der Waals surface area contributed by atoms with Gasteiger partial charge < -0.3 is 9.80 Å². The van der Waals surface area contributed by atoms with Gasteiger partial charge >= 0.3 is 0 Å². The third kappa shape index (κ3) is 9.57. The lowest BCUT2D eigenvalue weighted by Gasteiger charge is -2.25. The summed E-state index contributed by atoms with van der Waals surface area (Å²) in [6.45, 7) is 2.15. The number of hydrogen-bond donors (Lipinski definition) is 0. The van der Waals surface area contributed by atoms with Crippen LogP contribution in [0, 0.1) is 0 Å². The van der Waals surface area contributed by atoms with Gasteiger partial charge in [-0.2, -0.15) is 0 Å². The predicted octanol–water partition coefficient (Wildman–Crippen LogP) is 12.5. The minimum absolute atomic E-state index is 0.0806. The number of thiophene rings is 1. The van der Waals surface area contributed by atoms with Crippen LogP contribution in [0.25, 0.3) is 20.9 Å². The quantitative estimate of drug-likeness (QED) is 0.0633. The zero-order valence-corrected chi connectivity index (χ0v) is 36.0. The number of para-hydroxylation sites is 4. The molecule has 0 aliphatic heterocycles. The van der Waals surface area contributed by atoms with E-state index in [9.17, 15) is 16.8 Å². The second kappa shape index (κ2) is 19.1. The van der Waals surface area contributed by atoms with Crippen molar-refractivity contribution < 1.29 is 16.8 Å². The van der Waals surface area contributed by atoms with Crippen LogP contribution in [0.3, 0.4) is 0 Å². The summed E-state index contributed by atoms with van der Waals surface area (Å²) >= 11 is 1.24. The minimum Gasteiger partial charge on any atom is -0.311 e. The number of anilines is 6. The molecule has 0 aliphatic rings. The molecule has 10 heteroatoms. The maximum Gasteiger partial charge on any atom is 0.181 e. The fourth-order valence-corrected chi connectivity index (χ4v) is 13.0. The Bertz CT molecular complexity index is 2560. The first-order chi connectivity index (χ1) is 28.7. The van der Waals surface area contributed by atoms with E-state index in [2.05, 4.69) is 16.7 Å². The van der Waals surface area contributed by atoms with Crippen LogP contribution in [0.15, 0.2) is 180 Å². The maximum atomic E-state index is 14.7. The van der Waals surface area contributed by atoms with Gasteiger partial charge in [-0.05, 0) is 90.3 Å². The van der Waals surface area contributed by atoms with E-state index < -0.39 is 19.7 Å². The monoisotopic (exact) mass is 836 g/mol. The Morgan fingerprint density at radius 1 is 0.424 bits per heavy atom. The highest BCUT2D eigenvalue weighted by Crippen LogP contribution is 2.49. The molecule has 0 fully saturated rings. The third-order valence-corrected chi connectivity index (χ3v) is 15.7. The van der Waals surface area contributed by atoms with E-state index in [-0.39, 0.29) is 21.2 Å². The van der Waals surface area contributed by atoms with Gasteiger partial charge in [0.15, 0.2) is 19.7 Å². The summed E-state index contributed by atoms with van der Waals surface area (Å²) in [5, 5.41) is 0. The summed E-state index contributed by atoms with van der Waals surface area (Å²) in [5.41, 5.74) is 6.74. The first kappa shape index (κ1) is 41.7. The van der Waals surface area contributed by atoms with E-state index in [4.69, 9.17) is 0 Å². The highest BCUT2D eigenvalue weighted by atomic mass is 32.2. The molecular formula is C49H49BN2O4S3. The summed E-state index contributed by atoms with van der Waals surface area (Å²) in [7, 11) is -6.47. The lowest BCUT2D eigenvalue weighted by atomic mass is 10.1. The third-order valence-electron chi connectivity index (χ3n) is 10.4. The van der Waals surface area contributed by atoms with Gasteiger partial charge in [-0.25, -0.2) is 16.8 Å². The highest BCUT2D eigenvalue weighted by Gasteiger charge is 2.35. The largest absolute Gasteiger partial charge is 0.311 e. The lowest BCUT2D eigenvalue weighted by molar-refractivity contribution is 0.578. The van der Waals surface area contributed by atoms with Gasteiger partial charge in [0.05, 0.1) is 15.5 Å². The molecule has 0 bridgehead atoms. The number of sulfone groups is 2. The van der Waals surface area contributed by atoms with Crippen LogP contribution in [-0.2, 0) is 19.7 Å². The normalized spacial score (nSPS) is 11.7. The van der Waals surface area contributed by atoms with Crippen LogP contribution >= 0.6 is 11.3 Å². The second-order valence-corrected chi connectivity index (χ2v) is 19.8. The molecule has 0 unspecified atom stereocenters. The molecule has 1 heterocycles. The van der Waals surface area contributed by atoms with E-state index >= 15 is 0 Å². The van der Waals surface area contributed by atoms with Crippen LogP contribution < -0.4 is 9.80 Å². The fraction of sp³-hybridized carbons (Fsp3) is 0.184. The highest BCUT2D eigenvalue weighted by molar-refractivity contribution is 7.95. The number of unbranched alkanes of at least 4 members (excludes halogenated alkanes) is 5. The molecule has 0 N–H and O–H groups in total. The molecule has 0 atom stereocenters. The number of hydrogen-bond acceptors (Lipinski definition) is 7. The minimum atomic E-state index is -4.04. The standard InChI is InChI=1S/C49H49BN2O4S3/c1-2-3-4-5-6-19-36-58(53,54)48-46(38-28-32-44(33-29-38)51(40-20-11-7-12-21-40)41-22-13-8-14-23-41)57-47(49(48)59(55,56)37-50)39-30-34-45(35-31-39)52(42-24-15-9-16-25-42)43-26-17-10-18-27-43/h7-18,20-35H,2-6,19,36-37,50H2,1H3. The van der Waals surface area contributed by atoms with Crippen molar-refractivity contribution >= 4 is 73.0 Å². The first-order valence-electron chi connectivity index (χ1n) is 20.4. The Morgan fingerprint density at radius 2 is 0.746 bits per heavy atom. The Morgan fingerprint density at radius 3 is 1.10 bits per heavy atom. The Kier molecular flexibility index (Phi) is 13.5. The van der Waals surface area contributed by atoms with Gasteiger partial charge in [0.2, 0.25) is 0 Å². The van der Waals surface area contributed by atoms with E-state index in [1.807, 2.05) is 170 Å². The zero-order chi connectivity index (χ0) is 41.2. The Balaban J connectivity index is 1.36. The van der Waals surface area contributed by atoms with Crippen molar-refractivity contribution in [2.24, 2.45) is 0 Å². The van der Waals surface area contributed by atoms with Crippen molar-refractivity contribution in [2.45, 2.75) is 55.2 Å². The summed E-state index contributed by atoms with van der Waals surface area (Å²) in [4.78, 5) is 4.97. The van der Waals surface area contributed by atoms with Crippen molar-refractivity contribution in [2.75, 3.05) is 21.2 Å². The van der Waals surface area contributed by atoms with Crippen molar-refractivity contribution in [3.8, 4) is 20.9 Å². The fourth-order valence-electron chi connectivity index (χ4n) is 7.39. The topological polar surface area (TPSA) is 74.8 Å². The summed E-state index contributed by atoms with van der Waals surface area (Å²) in [6, 6.07) is 55.8. The van der Waals surface area contributed by atoms with E-state index in [1.54, 1.807) is 7.85 Å². The van der Waals surface area contributed by atoms with Crippen molar-refractivity contribution in [3.63, 3.8) is 0 Å².